The van der Waals surface area contributed by atoms with Crippen LogP contribution >= 0.6 is 11.6 Å². The maximum Gasteiger partial charge on any atom is 0.249 e. The summed E-state index contributed by atoms with van der Waals surface area (Å²) in [6.07, 6.45) is 0. The van der Waals surface area contributed by atoms with Gasteiger partial charge in [0.1, 0.15) is 6.04 Å². The molecule has 0 saturated carbocycles. The fourth-order valence-corrected chi connectivity index (χ4v) is 2.20. The van der Waals surface area contributed by atoms with Crippen LogP contribution in [0.3, 0.4) is 0 Å². The third-order valence-corrected chi connectivity index (χ3v) is 3.90. The molecule has 0 aliphatic rings. The fraction of sp³-hybridized carbons (Fsp3) is 0.357. The molecule has 2 rings (SSSR count). The number of nitrogens with two attached hydrogens (primary N) is 1. The van der Waals surface area contributed by atoms with Crippen molar-refractivity contribution in [3.63, 3.8) is 0 Å². The smallest absolute Gasteiger partial charge is 0.249 e. The number of carbonyl (C=O) groups is 1. The van der Waals surface area contributed by atoms with Gasteiger partial charge in [-0.2, -0.15) is 0 Å². The van der Waals surface area contributed by atoms with E-state index in [1.165, 1.54) is 0 Å². The zero-order chi connectivity index (χ0) is 15.6. The summed E-state index contributed by atoms with van der Waals surface area (Å²) in [6.45, 7) is 5.76. The molecule has 1 amide bonds. The molecule has 1 aromatic heterocycles. The molecule has 0 aliphatic heterocycles. The van der Waals surface area contributed by atoms with Gasteiger partial charge in [0.05, 0.1) is 11.4 Å². The summed E-state index contributed by atoms with van der Waals surface area (Å²) in [5.41, 5.74) is 8.57. The highest BCUT2D eigenvalue weighted by Gasteiger charge is 2.20. The molecule has 21 heavy (non-hydrogen) atoms. The highest BCUT2D eigenvalue weighted by molar-refractivity contribution is 6.31. The van der Waals surface area contributed by atoms with Gasteiger partial charge in [-0.1, -0.05) is 22.9 Å². The molecule has 6 nitrogen and oxygen atoms in total. The molecule has 2 aromatic rings. The van der Waals surface area contributed by atoms with E-state index in [9.17, 15) is 4.79 Å². The molecule has 0 radical (unpaired) electrons. The zero-order valence-corrected chi connectivity index (χ0v) is 13.0. The van der Waals surface area contributed by atoms with Crippen molar-refractivity contribution < 1.29 is 4.79 Å². The van der Waals surface area contributed by atoms with Crippen molar-refractivity contribution in [1.29, 1.82) is 0 Å². The number of hydrogen-bond donors (Lipinski definition) is 2. The number of anilines is 1. The molecule has 1 heterocycles. The first-order valence-corrected chi connectivity index (χ1v) is 7.00. The van der Waals surface area contributed by atoms with Crippen molar-refractivity contribution in [2.45, 2.75) is 33.4 Å². The Labute approximate surface area is 128 Å². The van der Waals surface area contributed by atoms with Gasteiger partial charge < -0.3 is 11.1 Å². The van der Waals surface area contributed by atoms with Gasteiger partial charge in [0.25, 0.3) is 0 Å². The minimum atomic E-state index is -0.490. The standard InChI is InChI=1S/C14H18ClN5O/c1-8-11(15)5-4-6-12(8)17-14(21)10(3)20-9(2)13(7-16)18-19-20/h4-6,10H,7,16H2,1-3H3,(H,17,21). The summed E-state index contributed by atoms with van der Waals surface area (Å²) in [5.74, 6) is -0.183. The van der Waals surface area contributed by atoms with Crippen molar-refractivity contribution in [2.75, 3.05) is 5.32 Å². The summed E-state index contributed by atoms with van der Waals surface area (Å²) >= 11 is 6.05. The molecule has 7 heteroatoms. The van der Waals surface area contributed by atoms with Crippen LogP contribution < -0.4 is 11.1 Å². The Hall–Kier alpha value is -1.92. The maximum absolute atomic E-state index is 12.4. The van der Waals surface area contributed by atoms with Crippen molar-refractivity contribution >= 4 is 23.2 Å². The van der Waals surface area contributed by atoms with Crippen molar-refractivity contribution in [1.82, 2.24) is 15.0 Å². The lowest BCUT2D eigenvalue weighted by molar-refractivity contribution is -0.119. The van der Waals surface area contributed by atoms with E-state index < -0.39 is 6.04 Å². The Kier molecular flexibility index (Phi) is 4.59. The van der Waals surface area contributed by atoms with Gasteiger partial charge in [-0.15, -0.1) is 5.10 Å². The molecule has 1 aromatic carbocycles. The molecule has 0 bridgehead atoms. The Bertz CT molecular complexity index is 667. The first kappa shape index (κ1) is 15.5. The van der Waals surface area contributed by atoms with Crippen LogP contribution in [0.5, 0.6) is 0 Å². The maximum atomic E-state index is 12.4. The van der Waals surface area contributed by atoms with Gasteiger partial charge in [-0.3, -0.25) is 4.79 Å². The van der Waals surface area contributed by atoms with E-state index in [0.29, 0.717) is 22.9 Å². The zero-order valence-electron chi connectivity index (χ0n) is 12.2. The van der Waals surface area contributed by atoms with Crippen molar-refractivity contribution in [2.24, 2.45) is 5.73 Å². The third-order valence-electron chi connectivity index (χ3n) is 3.49. The molecule has 0 saturated heterocycles. The van der Waals surface area contributed by atoms with E-state index in [0.717, 1.165) is 11.3 Å². The first-order chi connectivity index (χ1) is 9.95. The summed E-state index contributed by atoms with van der Waals surface area (Å²) in [4.78, 5) is 12.4. The normalized spacial score (nSPS) is 12.2. The van der Waals surface area contributed by atoms with Crippen LogP contribution in [-0.4, -0.2) is 20.9 Å². The second kappa shape index (κ2) is 6.24. The second-order valence-corrected chi connectivity index (χ2v) is 5.26. The summed E-state index contributed by atoms with van der Waals surface area (Å²) in [7, 11) is 0. The molecule has 0 aliphatic carbocycles. The highest BCUT2D eigenvalue weighted by atomic mass is 35.5. The van der Waals surface area contributed by atoms with Crippen LogP contribution in [0.25, 0.3) is 0 Å². The Morgan fingerprint density at radius 2 is 2.19 bits per heavy atom. The van der Waals surface area contributed by atoms with E-state index in [-0.39, 0.29) is 5.91 Å². The van der Waals surface area contributed by atoms with Gasteiger partial charge in [0.2, 0.25) is 5.91 Å². The summed E-state index contributed by atoms with van der Waals surface area (Å²) in [5, 5.41) is 11.4. The van der Waals surface area contributed by atoms with Crippen LogP contribution in [0.2, 0.25) is 5.02 Å². The Morgan fingerprint density at radius 3 is 2.81 bits per heavy atom. The molecule has 1 unspecified atom stereocenters. The fourth-order valence-electron chi connectivity index (χ4n) is 2.02. The SMILES string of the molecule is Cc1c(Cl)cccc1NC(=O)C(C)n1nnc(CN)c1C. The molecular weight excluding hydrogens is 290 g/mol. The lowest BCUT2D eigenvalue weighted by Crippen LogP contribution is -2.25. The topological polar surface area (TPSA) is 85.8 Å². The largest absolute Gasteiger partial charge is 0.325 e. The molecule has 112 valence electrons. The summed E-state index contributed by atoms with van der Waals surface area (Å²) < 4.78 is 1.57. The van der Waals surface area contributed by atoms with E-state index in [2.05, 4.69) is 15.6 Å². The molecular formula is C14H18ClN5O. The van der Waals surface area contributed by atoms with Crippen LogP contribution in [-0.2, 0) is 11.3 Å². The Balaban J connectivity index is 2.19. The van der Waals surface area contributed by atoms with E-state index in [1.807, 2.05) is 19.9 Å². The lowest BCUT2D eigenvalue weighted by atomic mass is 10.2. The number of nitrogens with one attached hydrogen (secondary N) is 1. The van der Waals surface area contributed by atoms with Crippen LogP contribution in [0.15, 0.2) is 18.2 Å². The first-order valence-electron chi connectivity index (χ1n) is 6.62. The van der Waals surface area contributed by atoms with E-state index >= 15 is 0 Å². The number of aromatic nitrogens is 3. The average molecular weight is 308 g/mol. The average Bonchev–Trinajstić information content (AvgIpc) is 2.84. The van der Waals surface area contributed by atoms with E-state index in [1.54, 1.807) is 23.7 Å². The van der Waals surface area contributed by atoms with Crippen molar-refractivity contribution in [3.8, 4) is 0 Å². The van der Waals surface area contributed by atoms with Crippen molar-refractivity contribution in [3.05, 3.63) is 40.2 Å². The second-order valence-electron chi connectivity index (χ2n) is 4.85. The van der Waals surface area contributed by atoms with Gasteiger partial charge in [-0.05, 0) is 38.5 Å². The summed E-state index contributed by atoms with van der Waals surface area (Å²) in [6, 6.07) is 4.90. The van der Waals surface area contributed by atoms with Crippen LogP contribution in [0.1, 0.15) is 29.9 Å². The van der Waals surface area contributed by atoms with E-state index in [4.69, 9.17) is 17.3 Å². The van der Waals surface area contributed by atoms with Gasteiger partial charge >= 0.3 is 0 Å². The predicted molar refractivity (Wildman–Crippen MR) is 82.2 cm³/mol. The van der Waals surface area contributed by atoms with Gasteiger partial charge in [-0.25, -0.2) is 4.68 Å². The quantitative estimate of drug-likeness (QED) is 0.906. The highest BCUT2D eigenvalue weighted by Crippen LogP contribution is 2.24. The van der Waals surface area contributed by atoms with Crippen LogP contribution in [0.4, 0.5) is 5.69 Å². The monoisotopic (exact) mass is 307 g/mol. The molecule has 3 N–H and O–H groups in total. The third kappa shape index (κ3) is 3.06. The number of nitrogens with zero attached hydrogens (tertiary/aromatic N) is 3. The molecule has 1 atom stereocenters. The van der Waals surface area contributed by atoms with Crippen LogP contribution in [0, 0.1) is 13.8 Å². The number of halogens is 1. The number of benzene rings is 1. The van der Waals surface area contributed by atoms with Gasteiger partial charge in [0.15, 0.2) is 0 Å². The molecule has 0 spiro atoms. The van der Waals surface area contributed by atoms with Gasteiger partial charge in [0, 0.05) is 17.3 Å². The number of carbonyl (C=O) groups excluding carboxylic acids is 1. The number of hydrogen-bond acceptors (Lipinski definition) is 4. The Morgan fingerprint density at radius 1 is 1.48 bits per heavy atom. The molecule has 0 fully saturated rings. The minimum absolute atomic E-state index is 0.183. The minimum Gasteiger partial charge on any atom is -0.325 e. The lowest BCUT2D eigenvalue weighted by Gasteiger charge is -2.15. The number of amides is 1. The number of rotatable bonds is 4. The predicted octanol–water partition coefficient (Wildman–Crippen LogP) is 2.21.